The van der Waals surface area contributed by atoms with E-state index in [1.54, 1.807) is 0 Å². The fraction of sp³-hybridized carbons (Fsp3) is 0.556. The van der Waals surface area contributed by atoms with Crippen LogP contribution in [0.2, 0.25) is 0 Å². The lowest BCUT2D eigenvalue weighted by molar-refractivity contribution is -0.141. The van der Waals surface area contributed by atoms with Gasteiger partial charge in [-0.1, -0.05) is 24.3 Å². The largest absolute Gasteiger partial charge is 0.481 e. The molecule has 0 bridgehead atoms. The number of carbonyl (C=O) groups excluding carboxylic acids is 1. The Morgan fingerprint density at radius 2 is 1.91 bits per heavy atom. The average Bonchev–Trinajstić information content (AvgIpc) is 2.77. The summed E-state index contributed by atoms with van der Waals surface area (Å²) in [6.07, 6.45) is 2.07. The second-order valence-electron chi connectivity index (χ2n) is 7.08. The standard InChI is InChI=1S/C18H24N2O3/c1-19-9-8-18(12-19)10-14-4-2-3-5-15(14)11-20(13-18)16(21)6-7-17(22)23/h2-5H,6-13H2,1H3,(H,22,23). The number of benzene rings is 1. The summed E-state index contributed by atoms with van der Waals surface area (Å²) in [7, 11) is 2.13. The fourth-order valence-electron chi connectivity index (χ4n) is 3.99. The van der Waals surface area contributed by atoms with Crippen LogP contribution in [0.25, 0.3) is 0 Å². The van der Waals surface area contributed by atoms with Crippen LogP contribution in [0.5, 0.6) is 0 Å². The number of rotatable bonds is 3. The molecule has 1 amide bonds. The second kappa shape index (κ2) is 6.32. The van der Waals surface area contributed by atoms with Crippen molar-refractivity contribution < 1.29 is 14.7 Å². The summed E-state index contributed by atoms with van der Waals surface area (Å²) in [5.74, 6) is -0.957. The van der Waals surface area contributed by atoms with Crippen molar-refractivity contribution >= 4 is 11.9 Å². The van der Waals surface area contributed by atoms with E-state index in [2.05, 4.69) is 30.1 Å². The monoisotopic (exact) mass is 316 g/mol. The number of carbonyl (C=O) groups is 2. The lowest BCUT2D eigenvalue weighted by atomic mass is 9.80. The Balaban J connectivity index is 1.85. The molecule has 5 heteroatoms. The van der Waals surface area contributed by atoms with E-state index in [0.29, 0.717) is 6.54 Å². The molecule has 2 aliphatic heterocycles. The van der Waals surface area contributed by atoms with Gasteiger partial charge in [0.25, 0.3) is 0 Å². The van der Waals surface area contributed by atoms with Crippen LogP contribution >= 0.6 is 0 Å². The predicted molar refractivity (Wildman–Crippen MR) is 87.0 cm³/mol. The van der Waals surface area contributed by atoms with Crippen LogP contribution in [-0.4, -0.2) is 53.5 Å². The van der Waals surface area contributed by atoms with E-state index in [1.165, 1.54) is 11.1 Å². The van der Waals surface area contributed by atoms with Crippen LogP contribution in [0.3, 0.4) is 0 Å². The van der Waals surface area contributed by atoms with Gasteiger partial charge in [-0.25, -0.2) is 0 Å². The van der Waals surface area contributed by atoms with Gasteiger partial charge in [0.1, 0.15) is 0 Å². The van der Waals surface area contributed by atoms with Gasteiger partial charge in [0, 0.05) is 31.5 Å². The van der Waals surface area contributed by atoms with Crippen molar-refractivity contribution in [2.75, 3.05) is 26.7 Å². The fourth-order valence-corrected chi connectivity index (χ4v) is 3.99. The molecule has 3 rings (SSSR count). The molecule has 23 heavy (non-hydrogen) atoms. The van der Waals surface area contributed by atoms with Gasteiger partial charge in [0.2, 0.25) is 5.91 Å². The van der Waals surface area contributed by atoms with Crippen molar-refractivity contribution in [1.82, 2.24) is 9.80 Å². The summed E-state index contributed by atoms with van der Waals surface area (Å²) in [6, 6.07) is 8.33. The van der Waals surface area contributed by atoms with Gasteiger partial charge in [0.15, 0.2) is 0 Å². The van der Waals surface area contributed by atoms with Crippen molar-refractivity contribution in [3.8, 4) is 0 Å². The first-order chi connectivity index (χ1) is 11.0. The van der Waals surface area contributed by atoms with Crippen LogP contribution in [0, 0.1) is 5.41 Å². The zero-order valence-electron chi connectivity index (χ0n) is 13.6. The maximum Gasteiger partial charge on any atom is 0.303 e. The summed E-state index contributed by atoms with van der Waals surface area (Å²) in [5, 5.41) is 8.84. The molecule has 0 aromatic heterocycles. The third-order valence-corrected chi connectivity index (χ3v) is 5.11. The summed E-state index contributed by atoms with van der Waals surface area (Å²) in [4.78, 5) is 27.5. The summed E-state index contributed by atoms with van der Waals surface area (Å²) >= 11 is 0. The van der Waals surface area contributed by atoms with Crippen molar-refractivity contribution in [2.45, 2.75) is 32.2 Å². The van der Waals surface area contributed by atoms with Crippen molar-refractivity contribution in [2.24, 2.45) is 5.41 Å². The second-order valence-corrected chi connectivity index (χ2v) is 7.08. The highest BCUT2D eigenvalue weighted by atomic mass is 16.4. The maximum atomic E-state index is 12.5. The van der Waals surface area contributed by atoms with Crippen LogP contribution in [-0.2, 0) is 22.6 Å². The van der Waals surface area contributed by atoms with Crippen LogP contribution in [0.4, 0.5) is 0 Å². The summed E-state index contributed by atoms with van der Waals surface area (Å²) in [6.45, 7) is 3.37. The zero-order valence-corrected chi connectivity index (χ0v) is 13.6. The lowest BCUT2D eigenvalue weighted by Gasteiger charge is -2.32. The number of hydrogen-bond acceptors (Lipinski definition) is 3. The highest BCUT2D eigenvalue weighted by molar-refractivity contribution is 5.80. The topological polar surface area (TPSA) is 60.9 Å². The quantitative estimate of drug-likeness (QED) is 0.923. The summed E-state index contributed by atoms with van der Waals surface area (Å²) < 4.78 is 0. The summed E-state index contributed by atoms with van der Waals surface area (Å²) in [5.41, 5.74) is 2.62. The number of hydrogen-bond donors (Lipinski definition) is 1. The minimum absolute atomic E-state index is 0.0435. The lowest BCUT2D eigenvalue weighted by Crippen LogP contribution is -2.41. The molecule has 1 aromatic rings. The van der Waals surface area contributed by atoms with Crippen LogP contribution in [0.1, 0.15) is 30.4 Å². The Morgan fingerprint density at radius 3 is 2.57 bits per heavy atom. The minimum Gasteiger partial charge on any atom is -0.481 e. The molecule has 124 valence electrons. The van der Waals surface area contributed by atoms with E-state index < -0.39 is 5.97 Å². The molecule has 1 spiro atoms. The number of carboxylic acid groups (broad SMARTS) is 1. The van der Waals surface area contributed by atoms with Crippen molar-refractivity contribution in [3.05, 3.63) is 35.4 Å². The van der Waals surface area contributed by atoms with E-state index in [9.17, 15) is 9.59 Å². The Hall–Kier alpha value is -1.88. The highest BCUT2D eigenvalue weighted by Gasteiger charge is 2.41. The molecule has 1 fully saturated rings. The van der Waals surface area contributed by atoms with Crippen LogP contribution in [0.15, 0.2) is 24.3 Å². The molecular formula is C18H24N2O3. The number of amides is 1. The number of fused-ring (bicyclic) bond motifs is 1. The Bertz CT molecular complexity index is 616. The number of likely N-dealkylation sites (tertiary alicyclic amines) is 1. The van der Waals surface area contributed by atoms with Gasteiger partial charge in [-0.15, -0.1) is 0 Å². The van der Waals surface area contributed by atoms with Crippen molar-refractivity contribution in [3.63, 3.8) is 0 Å². The smallest absolute Gasteiger partial charge is 0.303 e. The number of carboxylic acids is 1. The normalized spacial score (nSPS) is 24.5. The van der Waals surface area contributed by atoms with E-state index >= 15 is 0 Å². The molecule has 1 unspecified atom stereocenters. The molecule has 1 atom stereocenters. The van der Waals surface area contributed by atoms with Gasteiger partial charge >= 0.3 is 5.97 Å². The average molecular weight is 316 g/mol. The molecule has 1 N–H and O–H groups in total. The Morgan fingerprint density at radius 1 is 1.17 bits per heavy atom. The molecule has 1 aromatic carbocycles. The number of aliphatic carboxylic acids is 1. The molecule has 1 saturated heterocycles. The molecule has 2 heterocycles. The Labute approximate surface area is 136 Å². The zero-order chi connectivity index (χ0) is 16.4. The molecule has 0 saturated carbocycles. The SMILES string of the molecule is CN1CCC2(Cc3ccccc3CN(C(=O)CCC(=O)O)C2)C1. The first-order valence-corrected chi connectivity index (χ1v) is 8.22. The molecular weight excluding hydrogens is 292 g/mol. The van der Waals surface area contributed by atoms with Gasteiger partial charge in [-0.2, -0.15) is 0 Å². The van der Waals surface area contributed by atoms with E-state index in [0.717, 1.165) is 32.5 Å². The van der Waals surface area contributed by atoms with E-state index in [1.807, 2.05) is 11.0 Å². The van der Waals surface area contributed by atoms with Crippen molar-refractivity contribution in [1.29, 1.82) is 0 Å². The van der Waals surface area contributed by atoms with Gasteiger partial charge in [-0.05, 0) is 37.6 Å². The van der Waals surface area contributed by atoms with E-state index in [4.69, 9.17) is 5.11 Å². The Kier molecular flexibility index (Phi) is 4.39. The third-order valence-electron chi connectivity index (χ3n) is 5.11. The molecule has 2 aliphatic rings. The third kappa shape index (κ3) is 3.55. The highest BCUT2D eigenvalue weighted by Crippen LogP contribution is 2.38. The number of nitrogens with zero attached hydrogens (tertiary/aromatic N) is 2. The first kappa shape index (κ1) is 16.0. The van der Waals surface area contributed by atoms with Gasteiger partial charge in [-0.3, -0.25) is 9.59 Å². The maximum absolute atomic E-state index is 12.5. The van der Waals surface area contributed by atoms with Crippen LogP contribution < -0.4 is 0 Å². The predicted octanol–water partition coefficient (Wildman–Crippen LogP) is 1.76. The molecule has 5 nitrogen and oxygen atoms in total. The minimum atomic E-state index is -0.913. The first-order valence-electron chi connectivity index (χ1n) is 8.22. The van der Waals surface area contributed by atoms with E-state index in [-0.39, 0.29) is 24.2 Å². The van der Waals surface area contributed by atoms with Gasteiger partial charge < -0.3 is 14.9 Å². The molecule has 0 radical (unpaired) electrons. The molecule has 0 aliphatic carbocycles. The van der Waals surface area contributed by atoms with Gasteiger partial charge in [0.05, 0.1) is 6.42 Å².